The van der Waals surface area contributed by atoms with Gasteiger partial charge in [0.15, 0.2) is 0 Å². The van der Waals surface area contributed by atoms with Gasteiger partial charge in [-0.15, -0.1) is 0 Å². The lowest BCUT2D eigenvalue weighted by molar-refractivity contribution is -0.172. The smallest absolute Gasteiger partial charge is 0.303 e. The molecule has 0 bridgehead atoms. The largest absolute Gasteiger partial charge is 0.391 e. The van der Waals surface area contributed by atoms with Crippen molar-refractivity contribution in [3.63, 3.8) is 0 Å². The number of nitrogens with zero attached hydrogens (tertiary/aromatic N) is 1. The van der Waals surface area contributed by atoms with Gasteiger partial charge in [-0.2, -0.15) is 13.2 Å². The van der Waals surface area contributed by atoms with E-state index < -0.39 is 12.1 Å². The van der Waals surface area contributed by atoms with Crippen molar-refractivity contribution < 1.29 is 13.2 Å². The summed E-state index contributed by atoms with van der Waals surface area (Å²) in [6.45, 7) is 5.39. The van der Waals surface area contributed by atoms with Gasteiger partial charge in [-0.25, -0.2) is 0 Å². The van der Waals surface area contributed by atoms with Crippen molar-refractivity contribution in [2.45, 2.75) is 57.5 Å². The molecule has 29 heavy (non-hydrogen) atoms. The highest BCUT2D eigenvalue weighted by atomic mass is 19.4. The van der Waals surface area contributed by atoms with E-state index in [1.165, 1.54) is 11.1 Å². The van der Waals surface area contributed by atoms with E-state index in [0.717, 1.165) is 44.5 Å². The van der Waals surface area contributed by atoms with Gasteiger partial charge in [0, 0.05) is 6.54 Å². The molecule has 1 nitrogen and oxygen atoms in total. The molecule has 0 radical (unpaired) electrons. The highest BCUT2D eigenvalue weighted by Gasteiger charge is 2.44. The Hall–Kier alpha value is -1.81. The van der Waals surface area contributed by atoms with Gasteiger partial charge in [-0.3, -0.25) is 0 Å². The van der Waals surface area contributed by atoms with Gasteiger partial charge in [-0.05, 0) is 74.2 Å². The maximum atomic E-state index is 12.9. The molecule has 0 saturated heterocycles. The third-order valence-electron chi connectivity index (χ3n) is 6.29. The van der Waals surface area contributed by atoms with Gasteiger partial charge in [0.05, 0.1) is 5.92 Å². The van der Waals surface area contributed by atoms with Crippen LogP contribution in [0.5, 0.6) is 0 Å². The van der Waals surface area contributed by atoms with E-state index in [1.807, 2.05) is 18.2 Å². The summed E-state index contributed by atoms with van der Waals surface area (Å²) < 4.78 is 38.7. The summed E-state index contributed by atoms with van der Waals surface area (Å²) >= 11 is 0. The predicted molar refractivity (Wildman–Crippen MR) is 113 cm³/mol. The molecule has 2 aromatic carbocycles. The summed E-state index contributed by atoms with van der Waals surface area (Å²) in [6, 6.07) is 18.9. The fraction of sp³-hybridized carbons (Fsp3) is 0.520. The Labute approximate surface area is 172 Å². The number of halogens is 3. The molecule has 0 N–H and O–H groups in total. The van der Waals surface area contributed by atoms with Crippen LogP contribution >= 0.6 is 0 Å². The van der Waals surface area contributed by atoms with Crippen LogP contribution in [0.25, 0.3) is 0 Å². The number of hydrogen-bond acceptors (Lipinski definition) is 1. The van der Waals surface area contributed by atoms with Crippen molar-refractivity contribution >= 4 is 0 Å². The van der Waals surface area contributed by atoms with Crippen molar-refractivity contribution in [1.82, 2.24) is 4.90 Å². The minimum absolute atomic E-state index is 0.0595. The fourth-order valence-electron chi connectivity index (χ4n) is 4.40. The van der Waals surface area contributed by atoms with Crippen molar-refractivity contribution in [1.29, 1.82) is 0 Å². The minimum atomic E-state index is -4.04. The molecule has 0 amide bonds. The summed E-state index contributed by atoms with van der Waals surface area (Å²) in [7, 11) is 0. The second-order valence-corrected chi connectivity index (χ2v) is 8.26. The maximum absolute atomic E-state index is 12.9. The van der Waals surface area contributed by atoms with Crippen molar-refractivity contribution in [3.05, 3.63) is 71.3 Å². The first-order valence-electron chi connectivity index (χ1n) is 10.9. The molecule has 0 heterocycles. The lowest BCUT2D eigenvalue weighted by atomic mass is 9.94. The SMILES string of the molecule is CCN(CCCc1ccc(C2CCC(C(F)(F)F)C2)cc1)CCc1ccccc1. The average molecular weight is 404 g/mol. The molecule has 1 aliphatic carbocycles. The molecule has 1 aliphatic rings. The third kappa shape index (κ3) is 6.60. The zero-order valence-electron chi connectivity index (χ0n) is 17.3. The molecule has 0 aromatic heterocycles. The van der Waals surface area contributed by atoms with E-state index in [4.69, 9.17) is 0 Å². The Balaban J connectivity index is 1.41. The Morgan fingerprint density at radius 2 is 1.55 bits per heavy atom. The highest BCUT2D eigenvalue weighted by Crippen LogP contribution is 2.45. The van der Waals surface area contributed by atoms with Gasteiger partial charge in [-0.1, -0.05) is 61.5 Å². The molecule has 0 aliphatic heterocycles. The molecular formula is C25H32F3N. The summed E-state index contributed by atoms with van der Waals surface area (Å²) in [5, 5.41) is 0. The first-order valence-corrected chi connectivity index (χ1v) is 10.9. The highest BCUT2D eigenvalue weighted by molar-refractivity contribution is 5.26. The Morgan fingerprint density at radius 3 is 2.17 bits per heavy atom. The van der Waals surface area contributed by atoms with Crippen LogP contribution in [0.15, 0.2) is 54.6 Å². The topological polar surface area (TPSA) is 3.24 Å². The molecule has 3 rings (SSSR count). The van der Waals surface area contributed by atoms with Crippen LogP contribution in [0.3, 0.4) is 0 Å². The van der Waals surface area contributed by atoms with Crippen molar-refractivity contribution in [2.24, 2.45) is 5.92 Å². The number of aryl methyl sites for hydroxylation is 1. The Morgan fingerprint density at radius 1 is 0.862 bits per heavy atom. The molecule has 158 valence electrons. The van der Waals surface area contributed by atoms with Crippen LogP contribution < -0.4 is 0 Å². The summed E-state index contributed by atoms with van der Waals surface area (Å²) in [5.41, 5.74) is 3.72. The van der Waals surface area contributed by atoms with Gasteiger partial charge in [0.25, 0.3) is 0 Å². The quantitative estimate of drug-likeness (QED) is 0.454. The second-order valence-electron chi connectivity index (χ2n) is 8.26. The Bertz CT molecular complexity index is 724. The normalized spacial score (nSPS) is 19.8. The standard InChI is InChI=1S/C25H32F3N/c1-2-29(18-16-20-7-4-3-5-8-20)17-6-9-21-10-12-22(13-11-21)23-14-15-24(19-23)25(26,27)28/h3-5,7-8,10-13,23-24H,2,6,9,14-19H2,1H3. The molecule has 4 heteroatoms. The third-order valence-corrected chi connectivity index (χ3v) is 6.29. The van der Waals surface area contributed by atoms with E-state index in [2.05, 4.69) is 48.2 Å². The van der Waals surface area contributed by atoms with Crippen LogP contribution in [0.2, 0.25) is 0 Å². The average Bonchev–Trinajstić information content (AvgIpc) is 3.23. The number of hydrogen-bond donors (Lipinski definition) is 0. The lowest BCUT2D eigenvalue weighted by Crippen LogP contribution is -2.27. The number of benzene rings is 2. The van der Waals surface area contributed by atoms with Crippen LogP contribution in [0.4, 0.5) is 13.2 Å². The van der Waals surface area contributed by atoms with E-state index in [1.54, 1.807) is 0 Å². The maximum Gasteiger partial charge on any atom is 0.391 e. The Kier molecular flexibility index (Phi) is 7.77. The summed E-state index contributed by atoms with van der Waals surface area (Å²) in [5.74, 6) is -1.06. The number of rotatable bonds is 9. The van der Waals surface area contributed by atoms with E-state index in [0.29, 0.717) is 6.42 Å². The number of alkyl halides is 3. The van der Waals surface area contributed by atoms with Crippen LogP contribution in [0.1, 0.15) is 55.2 Å². The summed E-state index contributed by atoms with van der Waals surface area (Å²) in [6.07, 6.45) is 0.307. The lowest BCUT2D eigenvalue weighted by Gasteiger charge is -2.20. The molecule has 1 fully saturated rings. The van der Waals surface area contributed by atoms with Gasteiger partial charge >= 0.3 is 6.18 Å². The van der Waals surface area contributed by atoms with Gasteiger partial charge in [0.2, 0.25) is 0 Å². The van der Waals surface area contributed by atoms with E-state index >= 15 is 0 Å². The second kappa shape index (κ2) is 10.3. The fourth-order valence-corrected chi connectivity index (χ4v) is 4.40. The first kappa shape index (κ1) is 21.9. The van der Waals surface area contributed by atoms with Crippen molar-refractivity contribution in [3.8, 4) is 0 Å². The van der Waals surface area contributed by atoms with Gasteiger partial charge < -0.3 is 4.90 Å². The minimum Gasteiger partial charge on any atom is -0.303 e. The predicted octanol–water partition coefficient (Wildman–Crippen LogP) is 6.63. The van der Waals surface area contributed by atoms with E-state index in [-0.39, 0.29) is 18.8 Å². The van der Waals surface area contributed by atoms with Crippen LogP contribution in [-0.2, 0) is 12.8 Å². The summed E-state index contributed by atoms with van der Waals surface area (Å²) in [4.78, 5) is 2.48. The monoisotopic (exact) mass is 403 g/mol. The molecule has 2 aromatic rings. The molecule has 2 atom stereocenters. The zero-order chi connectivity index (χ0) is 20.7. The van der Waals surface area contributed by atoms with Crippen molar-refractivity contribution in [2.75, 3.05) is 19.6 Å². The van der Waals surface area contributed by atoms with Gasteiger partial charge in [0.1, 0.15) is 0 Å². The molecule has 0 spiro atoms. The molecular weight excluding hydrogens is 371 g/mol. The van der Waals surface area contributed by atoms with Crippen LogP contribution in [0, 0.1) is 5.92 Å². The molecule has 2 unspecified atom stereocenters. The first-order chi connectivity index (χ1) is 14.0. The molecule has 1 saturated carbocycles. The zero-order valence-corrected chi connectivity index (χ0v) is 17.3. The number of likely N-dealkylation sites (N-methyl/N-ethyl adjacent to an activating group) is 1. The van der Waals surface area contributed by atoms with Crippen LogP contribution in [-0.4, -0.2) is 30.7 Å². The van der Waals surface area contributed by atoms with E-state index in [9.17, 15) is 13.2 Å².